The third kappa shape index (κ3) is 3.98. The van der Waals surface area contributed by atoms with E-state index in [4.69, 9.17) is 4.74 Å². The van der Waals surface area contributed by atoms with Crippen molar-refractivity contribution in [1.82, 2.24) is 9.97 Å². The summed E-state index contributed by atoms with van der Waals surface area (Å²) in [5, 5.41) is 2.67. The second-order valence-corrected chi connectivity index (χ2v) is 5.01. The van der Waals surface area contributed by atoms with Gasteiger partial charge in [-0.15, -0.1) is 0 Å². The van der Waals surface area contributed by atoms with Gasteiger partial charge < -0.3 is 10.1 Å². The molecule has 0 spiro atoms. The summed E-state index contributed by atoms with van der Waals surface area (Å²) in [5.74, 6) is 0.662. The van der Waals surface area contributed by atoms with Crippen molar-refractivity contribution in [3.8, 4) is 5.75 Å². The predicted octanol–water partition coefficient (Wildman–Crippen LogP) is 2.72. The van der Waals surface area contributed by atoms with E-state index in [2.05, 4.69) is 15.3 Å². The molecule has 21 heavy (non-hydrogen) atoms. The van der Waals surface area contributed by atoms with Gasteiger partial charge in [0.05, 0.1) is 0 Å². The second kappa shape index (κ2) is 5.87. The molecule has 110 valence electrons. The maximum atomic E-state index is 12.9. The molecule has 1 aromatic heterocycles. The number of aryl methyl sites for hydroxylation is 1. The van der Waals surface area contributed by atoms with Gasteiger partial charge in [0.15, 0.2) is 5.60 Å². The number of carbonyl (C=O) groups excluding carboxylic acids is 1. The summed E-state index contributed by atoms with van der Waals surface area (Å²) >= 11 is 0. The predicted molar refractivity (Wildman–Crippen MR) is 76.5 cm³/mol. The lowest BCUT2D eigenvalue weighted by molar-refractivity contribution is -0.128. The van der Waals surface area contributed by atoms with E-state index < -0.39 is 5.60 Å². The summed E-state index contributed by atoms with van der Waals surface area (Å²) in [7, 11) is 0. The van der Waals surface area contributed by atoms with Crippen molar-refractivity contribution in [2.75, 3.05) is 5.32 Å². The summed E-state index contributed by atoms with van der Waals surface area (Å²) in [6.07, 6.45) is 1.56. The highest BCUT2D eigenvalue weighted by Gasteiger charge is 2.30. The van der Waals surface area contributed by atoms with E-state index in [1.165, 1.54) is 24.3 Å². The molecule has 2 rings (SSSR count). The highest BCUT2D eigenvalue weighted by Crippen LogP contribution is 2.20. The number of carbonyl (C=O) groups is 1. The maximum absolute atomic E-state index is 12.9. The van der Waals surface area contributed by atoms with Gasteiger partial charge >= 0.3 is 0 Å². The van der Waals surface area contributed by atoms with E-state index in [0.29, 0.717) is 17.4 Å². The number of amides is 1. The number of aromatic nitrogens is 2. The maximum Gasteiger partial charge on any atom is 0.269 e. The van der Waals surface area contributed by atoms with Gasteiger partial charge in [0, 0.05) is 6.20 Å². The van der Waals surface area contributed by atoms with Crippen molar-refractivity contribution < 1.29 is 13.9 Å². The number of hydrogen-bond acceptors (Lipinski definition) is 4. The van der Waals surface area contributed by atoms with E-state index in [9.17, 15) is 9.18 Å². The number of nitrogens with one attached hydrogen (secondary N) is 1. The van der Waals surface area contributed by atoms with Crippen LogP contribution in [0, 0.1) is 12.7 Å². The molecular formula is C15H16FN3O2. The second-order valence-electron chi connectivity index (χ2n) is 5.01. The molecule has 0 aliphatic carbocycles. The first-order valence-corrected chi connectivity index (χ1v) is 6.42. The average molecular weight is 289 g/mol. The molecule has 0 unspecified atom stereocenters. The molecule has 0 saturated carbocycles. The third-order valence-electron chi connectivity index (χ3n) is 2.75. The Balaban J connectivity index is 2.07. The standard InChI is InChI=1S/C15H16FN3O2/c1-10-17-9-8-13(18-10)19-14(20)15(2,3)21-12-6-4-11(16)5-7-12/h4-9H,1-3H3,(H,17,18,19,20). The highest BCUT2D eigenvalue weighted by atomic mass is 19.1. The van der Waals surface area contributed by atoms with Crippen molar-refractivity contribution in [2.24, 2.45) is 0 Å². The third-order valence-corrected chi connectivity index (χ3v) is 2.75. The van der Waals surface area contributed by atoms with E-state index in [1.54, 1.807) is 33.0 Å². The van der Waals surface area contributed by atoms with Crippen molar-refractivity contribution in [1.29, 1.82) is 0 Å². The SMILES string of the molecule is Cc1nccc(NC(=O)C(C)(C)Oc2ccc(F)cc2)n1. The first kappa shape index (κ1) is 14.9. The number of anilines is 1. The number of ether oxygens (including phenoxy) is 1. The topological polar surface area (TPSA) is 64.1 Å². The fourth-order valence-corrected chi connectivity index (χ4v) is 1.64. The van der Waals surface area contributed by atoms with E-state index >= 15 is 0 Å². The van der Waals surface area contributed by atoms with Crippen molar-refractivity contribution in [3.63, 3.8) is 0 Å². The highest BCUT2D eigenvalue weighted by molar-refractivity contribution is 5.96. The zero-order chi connectivity index (χ0) is 15.5. The summed E-state index contributed by atoms with van der Waals surface area (Å²) in [6, 6.07) is 7.09. The Bertz CT molecular complexity index is 642. The van der Waals surface area contributed by atoms with Crippen LogP contribution in [0.15, 0.2) is 36.5 Å². The van der Waals surface area contributed by atoms with Crippen LogP contribution in [0.3, 0.4) is 0 Å². The van der Waals surface area contributed by atoms with Gasteiger partial charge in [-0.1, -0.05) is 0 Å². The molecule has 5 nitrogen and oxygen atoms in total. The first-order valence-electron chi connectivity index (χ1n) is 6.42. The Hall–Kier alpha value is -2.50. The van der Waals surface area contributed by atoms with Crippen LogP contribution in [0.4, 0.5) is 10.2 Å². The molecule has 6 heteroatoms. The Labute approximate surface area is 122 Å². The van der Waals surface area contributed by atoms with Gasteiger partial charge in [-0.05, 0) is 51.1 Å². The molecule has 1 amide bonds. The molecular weight excluding hydrogens is 273 g/mol. The summed E-state index contributed by atoms with van der Waals surface area (Å²) in [6.45, 7) is 4.98. The normalized spacial score (nSPS) is 11.0. The number of rotatable bonds is 4. The smallest absolute Gasteiger partial charge is 0.269 e. The number of hydrogen-bond donors (Lipinski definition) is 1. The molecule has 1 aromatic carbocycles. The molecule has 0 atom stereocenters. The van der Waals surface area contributed by atoms with Gasteiger partial charge in [0.2, 0.25) is 0 Å². The van der Waals surface area contributed by atoms with Crippen molar-refractivity contribution in [2.45, 2.75) is 26.4 Å². The molecule has 1 heterocycles. The molecule has 0 radical (unpaired) electrons. The van der Waals surface area contributed by atoms with Crippen molar-refractivity contribution >= 4 is 11.7 Å². The van der Waals surface area contributed by atoms with Crippen LogP contribution < -0.4 is 10.1 Å². The number of benzene rings is 1. The zero-order valence-electron chi connectivity index (χ0n) is 12.1. The average Bonchev–Trinajstić information content (AvgIpc) is 2.41. The van der Waals surface area contributed by atoms with Crippen molar-refractivity contribution in [3.05, 3.63) is 48.2 Å². The summed E-state index contributed by atoms with van der Waals surface area (Å²) < 4.78 is 18.5. The van der Waals surface area contributed by atoms with Crippen LogP contribution in [-0.4, -0.2) is 21.5 Å². The lowest BCUT2D eigenvalue weighted by Gasteiger charge is -2.25. The Morgan fingerprint density at radius 2 is 1.90 bits per heavy atom. The molecule has 0 aliphatic heterocycles. The quantitative estimate of drug-likeness (QED) is 0.940. The van der Waals surface area contributed by atoms with Gasteiger partial charge in [-0.2, -0.15) is 0 Å². The first-order chi connectivity index (χ1) is 9.87. The molecule has 1 N–H and O–H groups in total. The lowest BCUT2D eigenvalue weighted by atomic mass is 10.1. The van der Waals surface area contributed by atoms with E-state index in [0.717, 1.165) is 0 Å². The van der Waals surface area contributed by atoms with Gasteiger partial charge in [-0.3, -0.25) is 4.79 Å². The largest absolute Gasteiger partial charge is 0.478 e. The van der Waals surface area contributed by atoms with Gasteiger partial charge in [-0.25, -0.2) is 14.4 Å². The fraction of sp³-hybridized carbons (Fsp3) is 0.267. The van der Waals surface area contributed by atoms with E-state index in [-0.39, 0.29) is 11.7 Å². The minimum Gasteiger partial charge on any atom is -0.478 e. The van der Waals surface area contributed by atoms with Gasteiger partial charge in [0.25, 0.3) is 5.91 Å². The van der Waals surface area contributed by atoms with Gasteiger partial charge in [0.1, 0.15) is 23.2 Å². The van der Waals surface area contributed by atoms with Crippen LogP contribution in [0.5, 0.6) is 5.75 Å². The minimum absolute atomic E-state index is 0.357. The van der Waals surface area contributed by atoms with Crippen LogP contribution in [0.1, 0.15) is 19.7 Å². The number of nitrogens with zero attached hydrogens (tertiary/aromatic N) is 2. The molecule has 0 aliphatic rings. The summed E-state index contributed by atoms with van der Waals surface area (Å²) in [5.41, 5.74) is -1.13. The molecule has 0 fully saturated rings. The Kier molecular flexibility index (Phi) is 4.16. The Morgan fingerprint density at radius 1 is 1.24 bits per heavy atom. The van der Waals surface area contributed by atoms with Crippen LogP contribution in [-0.2, 0) is 4.79 Å². The van der Waals surface area contributed by atoms with E-state index in [1.807, 2.05) is 0 Å². The fourth-order valence-electron chi connectivity index (χ4n) is 1.64. The minimum atomic E-state index is -1.13. The van der Waals surface area contributed by atoms with Crippen LogP contribution in [0.2, 0.25) is 0 Å². The molecule has 0 saturated heterocycles. The lowest BCUT2D eigenvalue weighted by Crippen LogP contribution is -2.42. The molecule has 2 aromatic rings. The molecule has 0 bridgehead atoms. The monoisotopic (exact) mass is 289 g/mol. The van der Waals surface area contributed by atoms with Crippen LogP contribution >= 0.6 is 0 Å². The number of halogens is 1. The zero-order valence-corrected chi connectivity index (χ0v) is 12.1. The summed E-state index contributed by atoms with van der Waals surface area (Å²) in [4.78, 5) is 20.3. The Morgan fingerprint density at radius 3 is 2.52 bits per heavy atom. The van der Waals surface area contributed by atoms with Crippen LogP contribution in [0.25, 0.3) is 0 Å².